The number of nitriles is 1. The van der Waals surface area contributed by atoms with E-state index < -0.39 is 5.41 Å². The van der Waals surface area contributed by atoms with Crippen LogP contribution in [0, 0.1) is 23.7 Å². The van der Waals surface area contributed by atoms with Crippen molar-refractivity contribution in [3.05, 3.63) is 23.8 Å². The Morgan fingerprint density at radius 3 is 2.69 bits per heavy atom. The first-order chi connectivity index (χ1) is 7.45. The van der Waals surface area contributed by atoms with Gasteiger partial charge in [0.25, 0.3) is 0 Å². The maximum absolute atomic E-state index is 11.6. The Kier molecular flexibility index (Phi) is 3.56. The molecule has 5 nitrogen and oxygen atoms in total. The highest BCUT2D eigenvalue weighted by Gasteiger charge is 2.26. The fraction of sp³-hybridized carbons (Fsp3) is 0.455. The van der Waals surface area contributed by atoms with E-state index in [4.69, 9.17) is 5.26 Å². The minimum absolute atomic E-state index is 0.289. The Morgan fingerprint density at radius 2 is 2.19 bits per heavy atom. The molecule has 1 amide bonds. The van der Waals surface area contributed by atoms with Crippen molar-refractivity contribution in [2.45, 2.75) is 27.3 Å². The van der Waals surface area contributed by atoms with Crippen molar-refractivity contribution in [2.75, 3.05) is 0 Å². The van der Waals surface area contributed by atoms with E-state index in [0.717, 1.165) is 5.69 Å². The van der Waals surface area contributed by atoms with Gasteiger partial charge in [-0.05, 0) is 20.8 Å². The molecule has 0 aliphatic rings. The Balaban J connectivity index is 2.56. The Morgan fingerprint density at radius 1 is 1.50 bits per heavy atom. The SMILES string of the molecule is Cc1cnc(CNC(=O)C(C)(C)C#N)cn1. The molecule has 1 heterocycles. The third-order valence-electron chi connectivity index (χ3n) is 2.11. The molecule has 1 rings (SSSR count). The Hall–Kier alpha value is -1.96. The Labute approximate surface area is 94.5 Å². The van der Waals surface area contributed by atoms with Crippen molar-refractivity contribution in [1.82, 2.24) is 15.3 Å². The van der Waals surface area contributed by atoms with Crippen LogP contribution in [-0.4, -0.2) is 15.9 Å². The average Bonchev–Trinajstić information content (AvgIpc) is 2.28. The molecule has 16 heavy (non-hydrogen) atoms. The lowest BCUT2D eigenvalue weighted by Crippen LogP contribution is -2.35. The van der Waals surface area contributed by atoms with Gasteiger partial charge in [0.15, 0.2) is 0 Å². The fourth-order valence-corrected chi connectivity index (χ4v) is 0.953. The number of nitrogens with one attached hydrogen (secondary N) is 1. The molecule has 0 bridgehead atoms. The van der Waals surface area contributed by atoms with Gasteiger partial charge in [-0.15, -0.1) is 0 Å². The topological polar surface area (TPSA) is 78.7 Å². The molecule has 0 unspecified atom stereocenters. The zero-order chi connectivity index (χ0) is 12.2. The summed E-state index contributed by atoms with van der Waals surface area (Å²) in [4.78, 5) is 19.7. The van der Waals surface area contributed by atoms with Gasteiger partial charge >= 0.3 is 0 Å². The number of hydrogen-bond donors (Lipinski definition) is 1. The minimum Gasteiger partial charge on any atom is -0.349 e. The van der Waals surface area contributed by atoms with Crippen molar-refractivity contribution in [3.63, 3.8) is 0 Å². The smallest absolute Gasteiger partial charge is 0.240 e. The number of carbonyl (C=O) groups excluding carboxylic acids is 1. The third-order valence-corrected chi connectivity index (χ3v) is 2.11. The van der Waals surface area contributed by atoms with Gasteiger partial charge in [-0.1, -0.05) is 0 Å². The number of aryl methyl sites for hydroxylation is 1. The van der Waals surface area contributed by atoms with Crippen molar-refractivity contribution >= 4 is 5.91 Å². The summed E-state index contributed by atoms with van der Waals surface area (Å²) in [5, 5.41) is 11.4. The molecule has 0 radical (unpaired) electrons. The van der Waals surface area contributed by atoms with Crippen LogP contribution in [0.25, 0.3) is 0 Å². The maximum Gasteiger partial charge on any atom is 0.240 e. The van der Waals surface area contributed by atoms with Gasteiger partial charge in [-0.3, -0.25) is 14.8 Å². The van der Waals surface area contributed by atoms with Crippen LogP contribution in [0.1, 0.15) is 25.2 Å². The lowest BCUT2D eigenvalue weighted by Gasteiger charge is -2.14. The highest BCUT2D eigenvalue weighted by molar-refractivity contribution is 5.84. The summed E-state index contributed by atoms with van der Waals surface area (Å²) in [6.45, 7) is 5.28. The minimum atomic E-state index is -1.02. The average molecular weight is 218 g/mol. The van der Waals surface area contributed by atoms with E-state index in [1.165, 1.54) is 0 Å². The number of nitrogens with zero attached hydrogens (tertiary/aromatic N) is 3. The standard InChI is InChI=1S/C11H14N4O/c1-8-4-14-9(5-13-8)6-15-10(16)11(2,3)7-12/h4-5H,6H2,1-3H3,(H,15,16). The predicted octanol–water partition coefficient (Wildman–Crippen LogP) is 0.951. The van der Waals surface area contributed by atoms with Crippen LogP contribution in [0.2, 0.25) is 0 Å². The normalized spacial score (nSPS) is 10.6. The summed E-state index contributed by atoms with van der Waals surface area (Å²) in [5.74, 6) is -0.308. The summed E-state index contributed by atoms with van der Waals surface area (Å²) in [6, 6.07) is 1.94. The molecule has 0 atom stereocenters. The van der Waals surface area contributed by atoms with Gasteiger partial charge in [0.05, 0.1) is 30.2 Å². The molecule has 0 saturated carbocycles. The number of amides is 1. The van der Waals surface area contributed by atoms with Crippen molar-refractivity contribution in [3.8, 4) is 6.07 Å². The molecule has 84 valence electrons. The summed E-state index contributed by atoms with van der Waals surface area (Å²) in [7, 11) is 0. The molecule has 0 aliphatic carbocycles. The number of aromatic nitrogens is 2. The second kappa shape index (κ2) is 4.71. The molecule has 0 fully saturated rings. The van der Waals surface area contributed by atoms with Crippen LogP contribution in [-0.2, 0) is 11.3 Å². The van der Waals surface area contributed by atoms with Crippen LogP contribution < -0.4 is 5.32 Å². The number of hydrogen-bond acceptors (Lipinski definition) is 4. The van der Waals surface area contributed by atoms with E-state index in [0.29, 0.717) is 5.69 Å². The first-order valence-corrected chi connectivity index (χ1v) is 4.93. The number of rotatable bonds is 3. The van der Waals surface area contributed by atoms with Crippen molar-refractivity contribution in [2.24, 2.45) is 5.41 Å². The summed E-state index contributed by atoms with van der Waals surface area (Å²) in [6.07, 6.45) is 3.24. The maximum atomic E-state index is 11.6. The molecule has 1 aromatic rings. The van der Waals surface area contributed by atoms with E-state index in [1.54, 1.807) is 26.2 Å². The first-order valence-electron chi connectivity index (χ1n) is 4.93. The summed E-state index contributed by atoms with van der Waals surface area (Å²) < 4.78 is 0. The molecule has 1 N–H and O–H groups in total. The van der Waals surface area contributed by atoms with Crippen molar-refractivity contribution < 1.29 is 4.79 Å². The van der Waals surface area contributed by atoms with Gasteiger partial charge < -0.3 is 5.32 Å². The quantitative estimate of drug-likeness (QED) is 0.819. The van der Waals surface area contributed by atoms with E-state index in [-0.39, 0.29) is 12.5 Å². The summed E-state index contributed by atoms with van der Waals surface area (Å²) >= 11 is 0. The monoisotopic (exact) mass is 218 g/mol. The lowest BCUT2D eigenvalue weighted by molar-refractivity contribution is -0.126. The number of carbonyl (C=O) groups is 1. The van der Waals surface area contributed by atoms with Gasteiger partial charge in [-0.2, -0.15) is 5.26 Å². The van der Waals surface area contributed by atoms with Gasteiger partial charge in [0.2, 0.25) is 5.91 Å². The highest BCUT2D eigenvalue weighted by Crippen LogP contribution is 2.12. The van der Waals surface area contributed by atoms with Gasteiger partial charge in [0, 0.05) is 6.20 Å². The molecular weight excluding hydrogens is 204 g/mol. The van der Waals surface area contributed by atoms with E-state index >= 15 is 0 Å². The molecule has 5 heteroatoms. The van der Waals surface area contributed by atoms with Crippen molar-refractivity contribution in [1.29, 1.82) is 5.26 Å². The van der Waals surface area contributed by atoms with Crippen LogP contribution in [0.4, 0.5) is 0 Å². The van der Waals surface area contributed by atoms with E-state index in [2.05, 4.69) is 15.3 Å². The van der Waals surface area contributed by atoms with Gasteiger partial charge in [0.1, 0.15) is 5.41 Å². The highest BCUT2D eigenvalue weighted by atomic mass is 16.2. The van der Waals surface area contributed by atoms with Crippen LogP contribution >= 0.6 is 0 Å². The summed E-state index contributed by atoms with van der Waals surface area (Å²) in [5.41, 5.74) is 0.484. The van der Waals surface area contributed by atoms with Crippen LogP contribution in [0.3, 0.4) is 0 Å². The molecule has 0 aromatic carbocycles. The lowest BCUT2D eigenvalue weighted by atomic mass is 9.95. The second-order valence-corrected chi connectivity index (χ2v) is 4.07. The third kappa shape index (κ3) is 3.02. The second-order valence-electron chi connectivity index (χ2n) is 4.07. The zero-order valence-corrected chi connectivity index (χ0v) is 9.61. The van der Waals surface area contributed by atoms with Gasteiger partial charge in [-0.25, -0.2) is 0 Å². The molecule has 0 aliphatic heterocycles. The first kappa shape index (κ1) is 12.1. The van der Waals surface area contributed by atoms with Crippen LogP contribution in [0.15, 0.2) is 12.4 Å². The molecule has 1 aromatic heterocycles. The Bertz CT molecular complexity index is 417. The molecule has 0 spiro atoms. The fourth-order valence-electron chi connectivity index (χ4n) is 0.953. The molecule has 0 saturated heterocycles. The van der Waals surface area contributed by atoms with E-state index in [9.17, 15) is 4.79 Å². The largest absolute Gasteiger partial charge is 0.349 e. The molecular formula is C11H14N4O. The zero-order valence-electron chi connectivity index (χ0n) is 9.61. The van der Waals surface area contributed by atoms with E-state index in [1.807, 2.05) is 13.0 Å². The van der Waals surface area contributed by atoms with Crippen LogP contribution in [0.5, 0.6) is 0 Å². The predicted molar refractivity (Wildman–Crippen MR) is 58.0 cm³/mol.